The Bertz CT molecular complexity index is 940. The molecule has 0 bridgehead atoms. The molecule has 1 N–H and O–H groups in total. The largest absolute Gasteiger partial charge is 0.755 e. The van der Waals surface area contributed by atoms with Gasteiger partial charge in [-0.3, -0.25) is 18.7 Å². The number of amides is 2. The Balaban J connectivity index is 1.81. The molecule has 0 saturated carbocycles. The maximum absolute atomic E-state index is 13.0. The van der Waals surface area contributed by atoms with Gasteiger partial charge in [-0.1, -0.05) is 18.2 Å². The molecule has 8 heteroatoms. The normalized spacial score (nSPS) is 16.5. The van der Waals surface area contributed by atoms with Crippen molar-refractivity contribution in [2.75, 3.05) is 18.4 Å². The highest BCUT2D eigenvalue weighted by molar-refractivity contribution is 7.80. The van der Waals surface area contributed by atoms with Gasteiger partial charge >= 0.3 is 0 Å². The number of carbonyl (C=O) groups excluding carboxylic acids is 2. The van der Waals surface area contributed by atoms with Crippen molar-refractivity contribution >= 4 is 28.8 Å². The summed E-state index contributed by atoms with van der Waals surface area (Å²) >= 11 is -2.38. The lowest BCUT2D eigenvalue weighted by atomic mass is 9.77. The summed E-state index contributed by atoms with van der Waals surface area (Å²) in [5.41, 5.74) is 1.69. The standard InChI is InChI=1S/C20H22N2O5S/c1-20(2)17-9-8-15(27-3)12-16(17)18(23)22(19(20)24)11-10-13-4-6-14(7-5-13)21-28(25)26/h4-9,12,21H,10-11H2,1-3H3,(H,25,26)/p-1. The van der Waals surface area contributed by atoms with E-state index < -0.39 is 16.7 Å². The average Bonchev–Trinajstić information content (AvgIpc) is 2.67. The Morgan fingerprint density at radius 3 is 2.43 bits per heavy atom. The molecule has 1 aliphatic rings. The van der Waals surface area contributed by atoms with Crippen molar-refractivity contribution < 1.29 is 23.1 Å². The van der Waals surface area contributed by atoms with E-state index in [0.29, 0.717) is 29.0 Å². The van der Waals surface area contributed by atoms with Gasteiger partial charge < -0.3 is 14.0 Å². The predicted molar refractivity (Wildman–Crippen MR) is 105 cm³/mol. The number of ether oxygens (including phenoxy) is 1. The second-order valence-electron chi connectivity index (χ2n) is 7.08. The molecule has 1 unspecified atom stereocenters. The van der Waals surface area contributed by atoms with Crippen molar-refractivity contribution in [3.8, 4) is 5.75 Å². The summed E-state index contributed by atoms with van der Waals surface area (Å²) in [4.78, 5) is 27.2. The first kappa shape index (κ1) is 20.0. The van der Waals surface area contributed by atoms with Crippen LogP contribution in [0.3, 0.4) is 0 Å². The van der Waals surface area contributed by atoms with Gasteiger partial charge in [-0.15, -0.1) is 0 Å². The molecule has 2 aromatic rings. The third-order valence-corrected chi connectivity index (χ3v) is 5.34. The topological polar surface area (TPSA) is 98.8 Å². The number of nitrogens with one attached hydrogen (secondary N) is 1. The van der Waals surface area contributed by atoms with Crippen LogP contribution in [-0.4, -0.2) is 39.1 Å². The van der Waals surface area contributed by atoms with Gasteiger partial charge in [0.2, 0.25) is 5.91 Å². The Morgan fingerprint density at radius 1 is 1.14 bits per heavy atom. The molecule has 1 atom stereocenters. The molecule has 0 radical (unpaired) electrons. The van der Waals surface area contributed by atoms with Crippen LogP contribution in [0.2, 0.25) is 0 Å². The number of carbonyl (C=O) groups is 2. The molecule has 1 heterocycles. The van der Waals surface area contributed by atoms with E-state index in [1.165, 1.54) is 12.0 Å². The van der Waals surface area contributed by atoms with Crippen LogP contribution >= 0.6 is 0 Å². The lowest BCUT2D eigenvalue weighted by molar-refractivity contribution is -0.134. The van der Waals surface area contributed by atoms with Gasteiger partial charge in [-0.2, -0.15) is 0 Å². The monoisotopic (exact) mass is 401 g/mol. The average molecular weight is 401 g/mol. The highest BCUT2D eigenvalue weighted by atomic mass is 32.2. The van der Waals surface area contributed by atoms with E-state index >= 15 is 0 Å². The number of hydrogen-bond donors (Lipinski definition) is 1. The number of nitrogens with zero attached hydrogens (tertiary/aromatic N) is 1. The summed E-state index contributed by atoms with van der Waals surface area (Å²) < 4.78 is 28.8. The second kappa shape index (κ2) is 7.73. The first-order valence-electron chi connectivity index (χ1n) is 8.73. The molecule has 3 rings (SSSR count). The van der Waals surface area contributed by atoms with Crippen molar-refractivity contribution in [1.82, 2.24) is 4.90 Å². The van der Waals surface area contributed by atoms with E-state index in [9.17, 15) is 18.4 Å². The second-order valence-corrected chi connectivity index (χ2v) is 7.76. The van der Waals surface area contributed by atoms with Crippen molar-refractivity contribution in [2.24, 2.45) is 0 Å². The van der Waals surface area contributed by atoms with Crippen LogP contribution in [-0.2, 0) is 27.9 Å². The molecule has 7 nitrogen and oxygen atoms in total. The van der Waals surface area contributed by atoms with Crippen LogP contribution in [0.1, 0.15) is 35.3 Å². The van der Waals surface area contributed by atoms with Crippen LogP contribution in [0, 0.1) is 0 Å². The molecular weight excluding hydrogens is 380 g/mol. The van der Waals surface area contributed by atoms with Crippen molar-refractivity contribution in [1.29, 1.82) is 0 Å². The number of anilines is 1. The maximum atomic E-state index is 13.0. The first-order valence-corrected chi connectivity index (χ1v) is 9.81. The molecule has 1 aliphatic heterocycles. The first-order chi connectivity index (χ1) is 13.2. The van der Waals surface area contributed by atoms with Gasteiger partial charge in [-0.25, -0.2) is 0 Å². The van der Waals surface area contributed by atoms with Gasteiger partial charge in [0.05, 0.1) is 12.5 Å². The quantitative estimate of drug-likeness (QED) is 0.592. The lowest BCUT2D eigenvalue weighted by Gasteiger charge is -2.37. The molecule has 0 saturated heterocycles. The Kier molecular flexibility index (Phi) is 5.53. The molecular formula is C20H21N2O5S-. The van der Waals surface area contributed by atoms with Gasteiger partial charge in [0.15, 0.2) is 0 Å². The zero-order valence-corrected chi connectivity index (χ0v) is 16.7. The van der Waals surface area contributed by atoms with Crippen molar-refractivity contribution in [2.45, 2.75) is 25.7 Å². The molecule has 0 aromatic heterocycles. The molecule has 2 aromatic carbocycles. The summed E-state index contributed by atoms with van der Waals surface area (Å²) in [6.07, 6.45) is 0.466. The number of imide groups is 1. The van der Waals surface area contributed by atoms with Crippen molar-refractivity contribution in [3.63, 3.8) is 0 Å². The Morgan fingerprint density at radius 2 is 1.82 bits per heavy atom. The molecule has 0 aliphatic carbocycles. The Hall–Kier alpha value is -2.71. The van der Waals surface area contributed by atoms with E-state index in [4.69, 9.17) is 4.74 Å². The lowest BCUT2D eigenvalue weighted by Crippen LogP contribution is -2.52. The van der Waals surface area contributed by atoms with E-state index in [1.807, 2.05) is 13.8 Å². The van der Waals surface area contributed by atoms with E-state index in [2.05, 4.69) is 4.72 Å². The smallest absolute Gasteiger partial charge is 0.260 e. The molecule has 2 amide bonds. The number of fused-ring (bicyclic) bond motifs is 1. The van der Waals surface area contributed by atoms with E-state index in [1.54, 1.807) is 42.5 Å². The van der Waals surface area contributed by atoms with E-state index in [-0.39, 0.29) is 18.4 Å². The van der Waals surface area contributed by atoms with Gasteiger partial charge in [0.1, 0.15) is 5.75 Å². The minimum absolute atomic E-state index is 0.234. The molecule has 28 heavy (non-hydrogen) atoms. The van der Waals surface area contributed by atoms with Gasteiger partial charge in [0, 0.05) is 29.1 Å². The van der Waals surface area contributed by atoms with Crippen LogP contribution < -0.4 is 9.46 Å². The minimum atomic E-state index is -2.38. The summed E-state index contributed by atoms with van der Waals surface area (Å²) in [5.74, 6) is -0.00971. The van der Waals surface area contributed by atoms with Crippen LogP contribution in [0.15, 0.2) is 42.5 Å². The van der Waals surface area contributed by atoms with Crippen LogP contribution in [0.5, 0.6) is 5.75 Å². The number of hydrogen-bond acceptors (Lipinski definition) is 5. The van der Waals surface area contributed by atoms with Gasteiger partial charge in [-0.05, 0) is 55.7 Å². The molecule has 148 valence electrons. The molecule has 0 spiro atoms. The fourth-order valence-electron chi connectivity index (χ4n) is 3.34. The fraction of sp³-hybridized carbons (Fsp3) is 0.300. The SMILES string of the molecule is COc1ccc2c(c1)C(=O)N(CCc1ccc(NS(=O)[O-])cc1)C(=O)C2(C)C. The summed E-state index contributed by atoms with van der Waals surface area (Å²) in [6, 6.07) is 12.0. The van der Waals surface area contributed by atoms with Gasteiger partial charge in [0.25, 0.3) is 5.91 Å². The van der Waals surface area contributed by atoms with E-state index in [0.717, 1.165) is 5.56 Å². The van der Waals surface area contributed by atoms with Crippen molar-refractivity contribution in [3.05, 3.63) is 59.2 Å². The Labute approximate surface area is 166 Å². The zero-order chi connectivity index (χ0) is 20.5. The van der Waals surface area contributed by atoms with Crippen LogP contribution in [0.4, 0.5) is 5.69 Å². The van der Waals surface area contributed by atoms with Crippen LogP contribution in [0.25, 0.3) is 0 Å². The number of rotatable bonds is 6. The zero-order valence-electron chi connectivity index (χ0n) is 15.9. The maximum Gasteiger partial charge on any atom is 0.260 e. The highest BCUT2D eigenvalue weighted by Gasteiger charge is 2.44. The number of methoxy groups -OCH3 is 1. The summed E-state index contributed by atoms with van der Waals surface area (Å²) in [7, 11) is 1.53. The third-order valence-electron chi connectivity index (χ3n) is 4.93. The molecule has 0 fully saturated rings. The summed E-state index contributed by atoms with van der Waals surface area (Å²) in [5, 5.41) is 0. The fourth-order valence-corrected chi connectivity index (χ4v) is 3.67. The minimum Gasteiger partial charge on any atom is -0.755 e. The predicted octanol–water partition coefficient (Wildman–Crippen LogP) is 2.40. The number of benzene rings is 2. The highest BCUT2D eigenvalue weighted by Crippen LogP contribution is 2.36. The third kappa shape index (κ3) is 3.79. The summed E-state index contributed by atoms with van der Waals surface area (Å²) in [6.45, 7) is 3.85.